The summed E-state index contributed by atoms with van der Waals surface area (Å²) in [5.74, 6) is 0. The van der Waals surface area contributed by atoms with E-state index in [1.165, 1.54) is 4.90 Å². The van der Waals surface area contributed by atoms with E-state index in [9.17, 15) is 18.0 Å². The van der Waals surface area contributed by atoms with Crippen LogP contribution >= 0.6 is 0 Å². The summed E-state index contributed by atoms with van der Waals surface area (Å²) >= 11 is 0. The lowest BCUT2D eigenvalue weighted by Crippen LogP contribution is -2.26. The Morgan fingerprint density at radius 1 is 1.38 bits per heavy atom. The Balaban J connectivity index is 3.23. The molecule has 90 valence electrons. The van der Waals surface area contributed by atoms with Gasteiger partial charge in [0.2, 0.25) is 0 Å². The van der Waals surface area contributed by atoms with Crippen LogP contribution in [0.1, 0.15) is 19.5 Å². The number of alkyl halides is 3. The summed E-state index contributed by atoms with van der Waals surface area (Å²) in [5, 5.41) is 0. The standard InChI is InChI=1S/C9H11F3N2O2/c1-3-14(4-2)8-13-6(9(10,11)12)5-7(15)16-8/h5H,3-4H2,1-2H3. The van der Waals surface area contributed by atoms with Crippen molar-refractivity contribution in [3.63, 3.8) is 0 Å². The number of nitrogens with zero attached hydrogens (tertiary/aromatic N) is 2. The summed E-state index contributed by atoms with van der Waals surface area (Å²) in [7, 11) is 0. The first kappa shape index (κ1) is 12.5. The van der Waals surface area contributed by atoms with Gasteiger partial charge in [-0.15, -0.1) is 0 Å². The zero-order chi connectivity index (χ0) is 12.3. The van der Waals surface area contributed by atoms with E-state index in [2.05, 4.69) is 9.40 Å². The van der Waals surface area contributed by atoms with Gasteiger partial charge >= 0.3 is 17.8 Å². The molecular formula is C9H11F3N2O2. The van der Waals surface area contributed by atoms with Crippen LogP contribution in [0.4, 0.5) is 19.2 Å². The van der Waals surface area contributed by atoms with Crippen molar-refractivity contribution in [2.24, 2.45) is 0 Å². The fourth-order valence-electron chi connectivity index (χ4n) is 1.16. The average molecular weight is 236 g/mol. The Morgan fingerprint density at radius 2 is 1.94 bits per heavy atom. The van der Waals surface area contributed by atoms with E-state index in [4.69, 9.17) is 0 Å². The third-order valence-electron chi connectivity index (χ3n) is 1.99. The molecule has 0 aliphatic heterocycles. The first-order valence-electron chi connectivity index (χ1n) is 4.72. The topological polar surface area (TPSA) is 46.3 Å². The molecule has 7 heteroatoms. The SMILES string of the molecule is CCN(CC)c1nc(C(F)(F)F)cc(=O)o1. The minimum atomic E-state index is -4.64. The summed E-state index contributed by atoms with van der Waals surface area (Å²) in [6.07, 6.45) is -4.64. The molecule has 0 saturated heterocycles. The molecule has 0 bridgehead atoms. The molecule has 0 aliphatic rings. The molecule has 1 aromatic heterocycles. The zero-order valence-electron chi connectivity index (χ0n) is 8.84. The first-order valence-corrected chi connectivity index (χ1v) is 4.72. The van der Waals surface area contributed by atoms with E-state index >= 15 is 0 Å². The Bertz CT molecular complexity index is 410. The van der Waals surface area contributed by atoms with E-state index in [1.807, 2.05) is 0 Å². The van der Waals surface area contributed by atoms with Gasteiger partial charge in [-0.1, -0.05) is 0 Å². The summed E-state index contributed by atoms with van der Waals surface area (Å²) in [6.45, 7) is 4.28. The van der Waals surface area contributed by atoms with E-state index in [0.717, 1.165) is 0 Å². The van der Waals surface area contributed by atoms with E-state index < -0.39 is 17.5 Å². The monoisotopic (exact) mass is 236 g/mol. The van der Waals surface area contributed by atoms with E-state index in [1.54, 1.807) is 13.8 Å². The summed E-state index contributed by atoms with van der Waals surface area (Å²) in [6, 6.07) is 0.0392. The Hall–Kier alpha value is -1.53. The minimum Gasteiger partial charge on any atom is -0.389 e. The second kappa shape index (κ2) is 4.54. The number of hydrogen-bond acceptors (Lipinski definition) is 4. The second-order valence-electron chi connectivity index (χ2n) is 3.02. The van der Waals surface area contributed by atoms with Gasteiger partial charge in [0.25, 0.3) is 0 Å². The maximum Gasteiger partial charge on any atom is 0.433 e. The molecule has 0 radical (unpaired) electrons. The molecule has 0 N–H and O–H groups in total. The molecule has 0 spiro atoms. The Labute approximate surface area is 89.7 Å². The number of aromatic nitrogens is 1. The third-order valence-corrected chi connectivity index (χ3v) is 1.99. The smallest absolute Gasteiger partial charge is 0.389 e. The summed E-state index contributed by atoms with van der Waals surface area (Å²) < 4.78 is 41.7. The molecule has 0 aliphatic carbocycles. The normalized spacial score (nSPS) is 11.6. The van der Waals surface area contributed by atoms with Crippen LogP contribution in [0.5, 0.6) is 0 Å². The molecule has 0 saturated carbocycles. The number of rotatable bonds is 3. The van der Waals surface area contributed by atoms with Crippen LogP contribution in [0.3, 0.4) is 0 Å². The summed E-state index contributed by atoms with van der Waals surface area (Å²) in [5.41, 5.74) is -2.28. The Morgan fingerprint density at radius 3 is 2.38 bits per heavy atom. The van der Waals surface area contributed by atoms with Crippen LogP contribution < -0.4 is 10.5 Å². The molecule has 4 nitrogen and oxygen atoms in total. The van der Waals surface area contributed by atoms with Crippen molar-refractivity contribution in [2.75, 3.05) is 18.0 Å². The average Bonchev–Trinajstić information content (AvgIpc) is 2.17. The van der Waals surface area contributed by atoms with Gasteiger partial charge in [0, 0.05) is 13.1 Å². The van der Waals surface area contributed by atoms with E-state index in [-0.39, 0.29) is 6.01 Å². The zero-order valence-corrected chi connectivity index (χ0v) is 8.84. The van der Waals surface area contributed by atoms with Gasteiger partial charge in [0.1, 0.15) is 0 Å². The van der Waals surface area contributed by atoms with Crippen molar-refractivity contribution in [2.45, 2.75) is 20.0 Å². The quantitative estimate of drug-likeness (QED) is 0.804. The molecule has 0 atom stereocenters. The molecule has 16 heavy (non-hydrogen) atoms. The van der Waals surface area contributed by atoms with E-state index in [0.29, 0.717) is 19.2 Å². The number of hydrogen-bond donors (Lipinski definition) is 0. The lowest BCUT2D eigenvalue weighted by Gasteiger charge is -2.17. The molecule has 0 fully saturated rings. The van der Waals surface area contributed by atoms with Crippen LogP contribution in [-0.4, -0.2) is 18.1 Å². The number of anilines is 1. The van der Waals surface area contributed by atoms with Crippen molar-refractivity contribution < 1.29 is 17.6 Å². The highest BCUT2D eigenvalue weighted by atomic mass is 19.4. The van der Waals surface area contributed by atoms with Gasteiger partial charge in [0.15, 0.2) is 5.69 Å². The highest BCUT2D eigenvalue weighted by Crippen LogP contribution is 2.27. The van der Waals surface area contributed by atoms with Gasteiger partial charge < -0.3 is 9.32 Å². The fraction of sp³-hybridized carbons (Fsp3) is 0.556. The molecule has 0 unspecified atom stereocenters. The summed E-state index contributed by atoms with van der Waals surface area (Å²) in [4.78, 5) is 15.7. The van der Waals surface area contributed by atoms with Crippen molar-refractivity contribution in [3.05, 3.63) is 22.2 Å². The third kappa shape index (κ3) is 2.74. The molecule has 0 aromatic carbocycles. The maximum absolute atomic E-state index is 12.4. The maximum atomic E-state index is 12.4. The highest BCUT2D eigenvalue weighted by molar-refractivity contribution is 5.26. The Kier molecular flexibility index (Phi) is 3.56. The van der Waals surface area contributed by atoms with Gasteiger partial charge in [-0.05, 0) is 13.8 Å². The van der Waals surface area contributed by atoms with Crippen LogP contribution in [0, 0.1) is 0 Å². The molecule has 0 amide bonds. The van der Waals surface area contributed by atoms with Crippen LogP contribution in [-0.2, 0) is 6.18 Å². The van der Waals surface area contributed by atoms with Crippen LogP contribution in [0.25, 0.3) is 0 Å². The van der Waals surface area contributed by atoms with Gasteiger partial charge in [-0.2, -0.15) is 18.2 Å². The highest BCUT2D eigenvalue weighted by Gasteiger charge is 2.34. The molecule has 1 heterocycles. The van der Waals surface area contributed by atoms with Gasteiger partial charge in [-0.25, -0.2) is 4.79 Å². The largest absolute Gasteiger partial charge is 0.433 e. The predicted molar refractivity (Wildman–Crippen MR) is 51.3 cm³/mol. The first-order chi connectivity index (χ1) is 7.38. The predicted octanol–water partition coefficient (Wildman–Crippen LogP) is 1.90. The lowest BCUT2D eigenvalue weighted by atomic mass is 10.4. The number of halogens is 3. The van der Waals surface area contributed by atoms with Crippen LogP contribution in [0.15, 0.2) is 15.3 Å². The molecular weight excluding hydrogens is 225 g/mol. The fourth-order valence-corrected chi connectivity index (χ4v) is 1.16. The van der Waals surface area contributed by atoms with Crippen LogP contribution in [0.2, 0.25) is 0 Å². The second-order valence-corrected chi connectivity index (χ2v) is 3.02. The van der Waals surface area contributed by atoms with Gasteiger partial charge in [-0.3, -0.25) is 0 Å². The molecule has 1 rings (SSSR count). The lowest BCUT2D eigenvalue weighted by molar-refractivity contribution is -0.141. The van der Waals surface area contributed by atoms with Gasteiger partial charge in [0.05, 0.1) is 6.07 Å². The van der Waals surface area contributed by atoms with Crippen molar-refractivity contribution >= 4 is 6.01 Å². The minimum absolute atomic E-state index is 0.301. The van der Waals surface area contributed by atoms with Crippen molar-refractivity contribution in [1.82, 2.24) is 4.98 Å². The molecule has 1 aromatic rings. The van der Waals surface area contributed by atoms with Crippen molar-refractivity contribution in [3.8, 4) is 0 Å². The van der Waals surface area contributed by atoms with Crippen molar-refractivity contribution in [1.29, 1.82) is 0 Å².